The number of carbonyl (C=O) groups is 2. The van der Waals surface area contributed by atoms with Gasteiger partial charge >= 0.3 is 6.03 Å². The van der Waals surface area contributed by atoms with Crippen LogP contribution < -0.4 is 16.4 Å². The van der Waals surface area contributed by atoms with Crippen LogP contribution in [-0.4, -0.2) is 17.5 Å². The Balaban J connectivity index is 1.69. The summed E-state index contributed by atoms with van der Waals surface area (Å²) in [6, 6.07) is 4.91. The minimum Gasteiger partial charge on any atom is -0.366 e. The van der Waals surface area contributed by atoms with E-state index in [-0.39, 0.29) is 11.6 Å². The van der Waals surface area contributed by atoms with Crippen LogP contribution in [0.4, 0.5) is 10.5 Å². The lowest BCUT2D eigenvalue weighted by molar-refractivity contribution is 0.0625. The molecule has 5 heteroatoms. The molecule has 2 saturated carbocycles. The minimum absolute atomic E-state index is 0.00245. The average molecular weight is 301 g/mol. The molecule has 0 aliphatic heterocycles. The molecule has 2 aliphatic rings. The van der Waals surface area contributed by atoms with Crippen molar-refractivity contribution in [3.63, 3.8) is 0 Å². The van der Waals surface area contributed by atoms with E-state index in [4.69, 9.17) is 5.73 Å². The number of hydrogen-bond acceptors (Lipinski definition) is 2. The van der Waals surface area contributed by atoms with Crippen LogP contribution >= 0.6 is 0 Å². The quantitative estimate of drug-likeness (QED) is 0.799. The third-order valence-electron chi connectivity index (χ3n) is 5.27. The summed E-state index contributed by atoms with van der Waals surface area (Å²) in [4.78, 5) is 23.6. The number of anilines is 1. The third-order valence-corrected chi connectivity index (χ3v) is 5.27. The molecule has 2 fully saturated rings. The van der Waals surface area contributed by atoms with Gasteiger partial charge in [-0.1, -0.05) is 12.5 Å². The minimum atomic E-state index is -0.492. The maximum absolute atomic E-state index is 12.4. The second-order valence-corrected chi connectivity index (χ2v) is 6.61. The van der Waals surface area contributed by atoms with Crippen molar-refractivity contribution in [1.82, 2.24) is 5.32 Å². The molecular weight excluding hydrogens is 278 g/mol. The van der Waals surface area contributed by atoms with Crippen LogP contribution in [0.1, 0.15) is 54.4 Å². The molecule has 0 saturated heterocycles. The zero-order chi connectivity index (χ0) is 15.7. The summed E-state index contributed by atoms with van der Waals surface area (Å²) < 4.78 is 0. The monoisotopic (exact) mass is 301 g/mol. The molecule has 0 heterocycles. The Morgan fingerprint density at radius 3 is 2.45 bits per heavy atom. The standard InChI is InChI=1S/C17H23N3O2/c1-11-6-7-12(15(18)21)10-14(11)19-16(22)20-17(8-3-9-17)13-4-2-5-13/h6-7,10,13H,2-5,8-9H2,1H3,(H2,18,21)(H2,19,20,22). The Morgan fingerprint density at radius 2 is 1.95 bits per heavy atom. The van der Waals surface area contributed by atoms with Gasteiger partial charge in [-0.3, -0.25) is 4.79 Å². The lowest BCUT2D eigenvalue weighted by Crippen LogP contribution is -2.60. The summed E-state index contributed by atoms with van der Waals surface area (Å²) in [5.74, 6) is 0.137. The maximum atomic E-state index is 12.4. The molecule has 3 amide bonds. The van der Waals surface area contributed by atoms with E-state index in [1.807, 2.05) is 6.92 Å². The molecule has 0 unspecified atom stereocenters. The van der Waals surface area contributed by atoms with E-state index in [1.54, 1.807) is 18.2 Å². The smallest absolute Gasteiger partial charge is 0.319 e. The van der Waals surface area contributed by atoms with Crippen molar-refractivity contribution in [1.29, 1.82) is 0 Å². The highest BCUT2D eigenvalue weighted by Gasteiger charge is 2.47. The van der Waals surface area contributed by atoms with E-state index >= 15 is 0 Å². The first kappa shape index (κ1) is 14.9. The van der Waals surface area contributed by atoms with Gasteiger partial charge in [0.1, 0.15) is 0 Å². The molecule has 0 radical (unpaired) electrons. The summed E-state index contributed by atoms with van der Waals surface area (Å²) in [5, 5.41) is 6.06. The zero-order valence-corrected chi connectivity index (χ0v) is 12.9. The van der Waals surface area contributed by atoms with Crippen LogP contribution in [0.5, 0.6) is 0 Å². The molecular formula is C17H23N3O2. The molecule has 5 nitrogen and oxygen atoms in total. The number of carbonyl (C=O) groups excluding carboxylic acids is 2. The van der Waals surface area contributed by atoms with Crippen molar-refractivity contribution in [2.45, 2.75) is 51.0 Å². The van der Waals surface area contributed by atoms with Crippen LogP contribution in [-0.2, 0) is 0 Å². The first-order chi connectivity index (χ1) is 10.5. The van der Waals surface area contributed by atoms with Gasteiger partial charge in [0.25, 0.3) is 0 Å². The number of nitrogens with two attached hydrogens (primary N) is 1. The normalized spacial score (nSPS) is 19.7. The van der Waals surface area contributed by atoms with E-state index in [0.717, 1.165) is 18.4 Å². The fourth-order valence-electron chi connectivity index (χ4n) is 3.44. The van der Waals surface area contributed by atoms with E-state index in [1.165, 1.54) is 25.7 Å². The van der Waals surface area contributed by atoms with Crippen LogP contribution in [0.3, 0.4) is 0 Å². The first-order valence-corrected chi connectivity index (χ1v) is 8.00. The van der Waals surface area contributed by atoms with E-state index in [9.17, 15) is 9.59 Å². The molecule has 4 N–H and O–H groups in total. The Labute approximate surface area is 130 Å². The summed E-state index contributed by atoms with van der Waals surface area (Å²) >= 11 is 0. The van der Waals surface area contributed by atoms with Gasteiger partial charge in [0, 0.05) is 16.8 Å². The van der Waals surface area contributed by atoms with Crippen LogP contribution in [0, 0.1) is 12.8 Å². The number of amides is 3. The fourth-order valence-corrected chi connectivity index (χ4v) is 3.44. The third kappa shape index (κ3) is 2.67. The van der Waals surface area contributed by atoms with Crippen LogP contribution in [0.2, 0.25) is 0 Å². The van der Waals surface area contributed by atoms with Gasteiger partial charge in [0.15, 0.2) is 0 Å². The number of primary amides is 1. The molecule has 0 aromatic heterocycles. The molecule has 118 valence electrons. The summed E-state index contributed by atoms with van der Waals surface area (Å²) in [6.45, 7) is 1.89. The Bertz CT molecular complexity index is 604. The maximum Gasteiger partial charge on any atom is 0.319 e. The number of aryl methyl sites for hydroxylation is 1. The predicted octanol–water partition coefficient (Wildman–Crippen LogP) is 2.94. The lowest BCUT2D eigenvalue weighted by Gasteiger charge is -2.51. The molecule has 1 aromatic carbocycles. The van der Waals surface area contributed by atoms with Gasteiger partial charge in [0.05, 0.1) is 0 Å². The van der Waals surface area contributed by atoms with E-state index in [0.29, 0.717) is 17.2 Å². The van der Waals surface area contributed by atoms with Crippen LogP contribution in [0.25, 0.3) is 0 Å². The van der Waals surface area contributed by atoms with Crippen LogP contribution in [0.15, 0.2) is 18.2 Å². The average Bonchev–Trinajstić information content (AvgIpc) is 2.36. The van der Waals surface area contributed by atoms with Gasteiger partial charge < -0.3 is 16.4 Å². The molecule has 3 rings (SSSR count). The largest absolute Gasteiger partial charge is 0.366 e. The molecule has 0 atom stereocenters. The van der Waals surface area contributed by atoms with Crippen molar-refractivity contribution >= 4 is 17.6 Å². The topological polar surface area (TPSA) is 84.2 Å². The Kier molecular flexibility index (Phi) is 3.81. The van der Waals surface area contributed by atoms with E-state index in [2.05, 4.69) is 10.6 Å². The highest BCUT2D eigenvalue weighted by atomic mass is 16.2. The van der Waals surface area contributed by atoms with Gasteiger partial charge in [-0.25, -0.2) is 4.79 Å². The van der Waals surface area contributed by atoms with Crippen molar-refractivity contribution in [2.24, 2.45) is 11.7 Å². The van der Waals surface area contributed by atoms with Crippen molar-refractivity contribution < 1.29 is 9.59 Å². The number of urea groups is 1. The SMILES string of the molecule is Cc1ccc(C(N)=O)cc1NC(=O)NC1(C2CCC2)CCC1. The summed E-state index contributed by atoms with van der Waals surface area (Å²) in [6.07, 6.45) is 7.05. The second kappa shape index (κ2) is 5.63. The fraction of sp³-hybridized carbons (Fsp3) is 0.529. The zero-order valence-electron chi connectivity index (χ0n) is 12.9. The van der Waals surface area contributed by atoms with Gasteiger partial charge in [0.2, 0.25) is 5.91 Å². The molecule has 0 spiro atoms. The van der Waals surface area contributed by atoms with Crippen molar-refractivity contribution in [3.05, 3.63) is 29.3 Å². The number of rotatable bonds is 4. The molecule has 1 aromatic rings. The first-order valence-electron chi connectivity index (χ1n) is 8.00. The summed E-state index contributed by atoms with van der Waals surface area (Å²) in [5.41, 5.74) is 7.24. The summed E-state index contributed by atoms with van der Waals surface area (Å²) in [7, 11) is 0. The number of benzene rings is 1. The van der Waals surface area contributed by atoms with Gasteiger partial charge in [-0.15, -0.1) is 0 Å². The highest BCUT2D eigenvalue weighted by Crippen LogP contribution is 2.47. The predicted molar refractivity (Wildman–Crippen MR) is 85.8 cm³/mol. The molecule has 22 heavy (non-hydrogen) atoms. The van der Waals surface area contributed by atoms with E-state index < -0.39 is 5.91 Å². The van der Waals surface area contributed by atoms with Gasteiger partial charge in [-0.05, 0) is 62.6 Å². The Morgan fingerprint density at radius 1 is 1.23 bits per heavy atom. The molecule has 2 aliphatic carbocycles. The van der Waals surface area contributed by atoms with Gasteiger partial charge in [-0.2, -0.15) is 0 Å². The Hall–Kier alpha value is -2.04. The highest BCUT2D eigenvalue weighted by molar-refractivity contribution is 5.96. The molecule has 0 bridgehead atoms. The second-order valence-electron chi connectivity index (χ2n) is 6.61. The number of hydrogen-bond donors (Lipinski definition) is 3. The number of nitrogens with one attached hydrogen (secondary N) is 2. The van der Waals surface area contributed by atoms with Crippen molar-refractivity contribution in [3.8, 4) is 0 Å². The lowest BCUT2D eigenvalue weighted by atomic mass is 9.61. The van der Waals surface area contributed by atoms with Crippen molar-refractivity contribution in [2.75, 3.05) is 5.32 Å².